The van der Waals surface area contributed by atoms with Crippen molar-refractivity contribution in [3.8, 4) is 11.5 Å². The van der Waals surface area contributed by atoms with Crippen molar-refractivity contribution in [3.05, 3.63) is 59.7 Å². The summed E-state index contributed by atoms with van der Waals surface area (Å²) in [4.78, 5) is 12.2. The Kier molecular flexibility index (Phi) is 3.52. The van der Waals surface area contributed by atoms with Crippen LogP contribution in [0.1, 0.15) is 28.3 Å². The fourth-order valence-corrected chi connectivity index (χ4v) is 2.50. The van der Waals surface area contributed by atoms with Gasteiger partial charge in [-0.05, 0) is 24.1 Å². The van der Waals surface area contributed by atoms with Gasteiger partial charge in [0, 0.05) is 18.0 Å². The highest BCUT2D eigenvalue weighted by molar-refractivity contribution is 5.97. The van der Waals surface area contributed by atoms with E-state index in [1.54, 1.807) is 12.1 Å². The molecule has 2 N–H and O–H groups in total. The highest BCUT2D eigenvalue weighted by Crippen LogP contribution is 2.41. The van der Waals surface area contributed by atoms with Crippen molar-refractivity contribution in [2.24, 2.45) is 0 Å². The molecule has 0 bridgehead atoms. The number of hydrogen-bond donors (Lipinski definition) is 2. The van der Waals surface area contributed by atoms with Crippen molar-refractivity contribution in [2.75, 3.05) is 7.11 Å². The first kappa shape index (κ1) is 13.5. The molecule has 0 saturated heterocycles. The van der Waals surface area contributed by atoms with Crippen LogP contribution in [0.5, 0.6) is 11.5 Å². The number of benzene rings is 2. The minimum Gasteiger partial charge on any atom is -0.507 e. The van der Waals surface area contributed by atoms with Gasteiger partial charge < -0.3 is 15.2 Å². The summed E-state index contributed by atoms with van der Waals surface area (Å²) in [7, 11) is 1.52. The third kappa shape index (κ3) is 2.84. The van der Waals surface area contributed by atoms with E-state index < -0.39 is 0 Å². The van der Waals surface area contributed by atoms with Crippen LogP contribution in [0.4, 0.5) is 0 Å². The van der Waals surface area contributed by atoms with E-state index in [0.29, 0.717) is 11.7 Å². The Morgan fingerprint density at radius 3 is 2.67 bits per heavy atom. The van der Waals surface area contributed by atoms with Crippen LogP contribution in [-0.4, -0.2) is 24.2 Å². The van der Waals surface area contributed by atoms with E-state index in [9.17, 15) is 9.90 Å². The smallest absolute Gasteiger partial charge is 0.255 e. The fraction of sp³-hybridized carbons (Fsp3) is 0.235. The van der Waals surface area contributed by atoms with Gasteiger partial charge in [0.2, 0.25) is 0 Å². The Morgan fingerprint density at radius 2 is 2.00 bits per heavy atom. The molecule has 2 atom stereocenters. The quantitative estimate of drug-likeness (QED) is 0.907. The number of ether oxygens (including phenoxy) is 1. The second-order valence-electron chi connectivity index (χ2n) is 5.22. The van der Waals surface area contributed by atoms with Crippen molar-refractivity contribution < 1.29 is 14.6 Å². The number of hydrogen-bond acceptors (Lipinski definition) is 3. The highest BCUT2D eigenvalue weighted by Gasteiger charge is 2.39. The Labute approximate surface area is 123 Å². The molecule has 21 heavy (non-hydrogen) atoms. The molecule has 2 aromatic rings. The van der Waals surface area contributed by atoms with Gasteiger partial charge in [0.25, 0.3) is 5.91 Å². The molecule has 1 fully saturated rings. The van der Waals surface area contributed by atoms with Gasteiger partial charge in [-0.25, -0.2) is 0 Å². The maximum absolute atomic E-state index is 12.2. The standard InChI is InChI=1S/C17H17NO3/c1-21-12-7-8-13(16(19)9-12)17(20)18-15-10-14(15)11-5-3-2-4-6-11/h2-9,14-15,19H,10H2,1H3,(H,18,20)/t14-,15-/m0/s1. The Balaban J connectivity index is 1.66. The summed E-state index contributed by atoms with van der Waals surface area (Å²) < 4.78 is 5.01. The molecule has 108 valence electrons. The lowest BCUT2D eigenvalue weighted by Gasteiger charge is -2.08. The zero-order chi connectivity index (χ0) is 14.8. The summed E-state index contributed by atoms with van der Waals surface area (Å²) in [6, 6.07) is 14.9. The van der Waals surface area contributed by atoms with Gasteiger partial charge in [0.1, 0.15) is 11.5 Å². The number of aromatic hydroxyl groups is 1. The average molecular weight is 283 g/mol. The van der Waals surface area contributed by atoms with E-state index in [2.05, 4.69) is 17.4 Å². The van der Waals surface area contributed by atoms with Gasteiger partial charge in [-0.2, -0.15) is 0 Å². The molecule has 4 nitrogen and oxygen atoms in total. The lowest BCUT2D eigenvalue weighted by Crippen LogP contribution is -2.26. The molecule has 0 aromatic heterocycles. The van der Waals surface area contributed by atoms with E-state index in [1.165, 1.54) is 18.7 Å². The third-order valence-electron chi connectivity index (χ3n) is 3.78. The highest BCUT2D eigenvalue weighted by atomic mass is 16.5. The lowest BCUT2D eigenvalue weighted by molar-refractivity contribution is 0.0947. The predicted molar refractivity (Wildman–Crippen MR) is 79.7 cm³/mol. The molecule has 0 aliphatic heterocycles. The third-order valence-corrected chi connectivity index (χ3v) is 3.78. The van der Waals surface area contributed by atoms with Crippen LogP contribution in [0.25, 0.3) is 0 Å². The zero-order valence-electron chi connectivity index (χ0n) is 11.7. The largest absolute Gasteiger partial charge is 0.507 e. The molecule has 4 heteroatoms. The first-order valence-corrected chi connectivity index (χ1v) is 6.92. The first-order valence-electron chi connectivity index (χ1n) is 6.92. The van der Waals surface area contributed by atoms with Crippen LogP contribution < -0.4 is 10.1 Å². The molecule has 0 heterocycles. The van der Waals surface area contributed by atoms with Crippen LogP contribution >= 0.6 is 0 Å². The van der Waals surface area contributed by atoms with E-state index in [1.807, 2.05) is 18.2 Å². The molecular weight excluding hydrogens is 266 g/mol. The molecule has 1 saturated carbocycles. The van der Waals surface area contributed by atoms with Crippen molar-refractivity contribution >= 4 is 5.91 Å². The molecule has 0 spiro atoms. The predicted octanol–water partition coefficient (Wildman–Crippen LogP) is 2.69. The summed E-state index contributed by atoms with van der Waals surface area (Å²) >= 11 is 0. The number of nitrogens with one attached hydrogen (secondary N) is 1. The summed E-state index contributed by atoms with van der Waals surface area (Å²) in [5.74, 6) is 0.579. The Bertz CT molecular complexity index is 654. The molecule has 1 aliphatic carbocycles. The monoisotopic (exact) mass is 283 g/mol. The van der Waals surface area contributed by atoms with Gasteiger partial charge in [-0.1, -0.05) is 30.3 Å². The van der Waals surface area contributed by atoms with Gasteiger partial charge >= 0.3 is 0 Å². The van der Waals surface area contributed by atoms with Crippen LogP contribution in [0.15, 0.2) is 48.5 Å². The number of phenolic OH excluding ortho intramolecular Hbond substituents is 1. The Hall–Kier alpha value is -2.49. The SMILES string of the molecule is COc1ccc(C(=O)N[C@H]2C[C@H]2c2ccccc2)c(O)c1. The maximum Gasteiger partial charge on any atom is 0.255 e. The van der Waals surface area contributed by atoms with Gasteiger partial charge in [0.05, 0.1) is 12.7 Å². The molecule has 0 unspecified atom stereocenters. The van der Waals surface area contributed by atoms with Crippen LogP contribution in [0, 0.1) is 0 Å². The van der Waals surface area contributed by atoms with Crippen LogP contribution in [0.3, 0.4) is 0 Å². The second kappa shape index (κ2) is 5.48. The van der Waals surface area contributed by atoms with Gasteiger partial charge in [0.15, 0.2) is 0 Å². The minimum absolute atomic E-state index is 0.0660. The molecular formula is C17H17NO3. The summed E-state index contributed by atoms with van der Waals surface area (Å²) in [5.41, 5.74) is 1.51. The lowest BCUT2D eigenvalue weighted by atomic mass is 10.1. The minimum atomic E-state index is -0.251. The van der Waals surface area contributed by atoms with Crippen LogP contribution in [0.2, 0.25) is 0 Å². The van der Waals surface area contributed by atoms with Crippen LogP contribution in [-0.2, 0) is 0 Å². The summed E-state index contributed by atoms with van der Waals surface area (Å²) in [5, 5.41) is 12.8. The molecule has 2 aromatic carbocycles. The first-order chi connectivity index (χ1) is 10.2. The maximum atomic E-state index is 12.2. The van der Waals surface area contributed by atoms with Crippen molar-refractivity contribution in [3.63, 3.8) is 0 Å². The summed E-state index contributed by atoms with van der Waals surface area (Å²) in [6.07, 6.45) is 0.937. The van der Waals surface area contributed by atoms with Crippen molar-refractivity contribution in [1.82, 2.24) is 5.32 Å². The number of carbonyl (C=O) groups excluding carboxylic acids is 1. The van der Waals surface area contributed by atoms with Crippen molar-refractivity contribution in [1.29, 1.82) is 0 Å². The van der Waals surface area contributed by atoms with Gasteiger partial charge in [-0.3, -0.25) is 4.79 Å². The van der Waals surface area contributed by atoms with Gasteiger partial charge in [-0.15, -0.1) is 0 Å². The molecule has 0 radical (unpaired) electrons. The fourth-order valence-electron chi connectivity index (χ4n) is 2.50. The number of rotatable bonds is 4. The van der Waals surface area contributed by atoms with E-state index >= 15 is 0 Å². The molecule has 3 rings (SSSR count). The van der Waals surface area contributed by atoms with E-state index in [0.717, 1.165) is 6.42 Å². The average Bonchev–Trinajstić information content (AvgIpc) is 3.27. The number of amides is 1. The zero-order valence-corrected chi connectivity index (χ0v) is 11.7. The topological polar surface area (TPSA) is 58.6 Å². The number of methoxy groups -OCH3 is 1. The second-order valence-corrected chi connectivity index (χ2v) is 5.22. The van der Waals surface area contributed by atoms with E-state index in [-0.39, 0.29) is 23.3 Å². The molecule has 1 amide bonds. The molecule has 1 aliphatic rings. The van der Waals surface area contributed by atoms with E-state index in [4.69, 9.17) is 4.74 Å². The normalized spacial score (nSPS) is 19.9. The Morgan fingerprint density at radius 1 is 1.24 bits per heavy atom. The number of carbonyl (C=O) groups is 1. The number of phenols is 1. The summed E-state index contributed by atoms with van der Waals surface area (Å²) in [6.45, 7) is 0. The van der Waals surface area contributed by atoms with Crippen molar-refractivity contribution in [2.45, 2.75) is 18.4 Å².